The van der Waals surface area contributed by atoms with Crippen LogP contribution in [0.15, 0.2) is 12.1 Å². The van der Waals surface area contributed by atoms with Crippen LogP contribution in [0.4, 0.5) is 14.5 Å². The molecule has 7 heteroatoms. The van der Waals surface area contributed by atoms with Gasteiger partial charge in [0.25, 0.3) is 0 Å². The maximum Gasteiger partial charge on any atom is 0.237 e. The molecular weight excluding hydrogens is 276 g/mol. The summed E-state index contributed by atoms with van der Waals surface area (Å²) in [6.07, 6.45) is 1.13. The summed E-state index contributed by atoms with van der Waals surface area (Å²) in [6, 6.07) is 2.02. The van der Waals surface area contributed by atoms with E-state index in [1.807, 2.05) is 0 Å². The summed E-state index contributed by atoms with van der Waals surface area (Å²) in [6.45, 7) is 0.349. The SMILES string of the molecule is COCCS(=O)(=O)N1CCCc2cc(F)c(F)cc21. The van der Waals surface area contributed by atoms with E-state index in [2.05, 4.69) is 0 Å². The molecule has 1 aromatic rings. The summed E-state index contributed by atoms with van der Waals surface area (Å²) in [5.41, 5.74) is 0.757. The summed E-state index contributed by atoms with van der Waals surface area (Å²) in [7, 11) is -2.16. The van der Waals surface area contributed by atoms with Crippen LogP contribution in [0, 0.1) is 11.6 Å². The standard InChI is InChI=1S/C12H15F2NO3S/c1-18-5-6-19(16,17)15-4-2-3-9-7-10(13)11(14)8-12(9)15/h7-8H,2-6H2,1H3. The van der Waals surface area contributed by atoms with Crippen LogP contribution in [-0.2, 0) is 21.2 Å². The Morgan fingerprint density at radius 2 is 2.00 bits per heavy atom. The molecule has 0 radical (unpaired) electrons. The van der Waals surface area contributed by atoms with Gasteiger partial charge in [-0.25, -0.2) is 17.2 Å². The third-order valence-corrected chi connectivity index (χ3v) is 4.81. The van der Waals surface area contributed by atoms with E-state index in [0.29, 0.717) is 18.4 Å². The van der Waals surface area contributed by atoms with Gasteiger partial charge in [-0.15, -0.1) is 0 Å². The Morgan fingerprint density at radius 1 is 1.32 bits per heavy atom. The molecule has 0 saturated heterocycles. The molecule has 0 amide bonds. The van der Waals surface area contributed by atoms with Gasteiger partial charge in [0, 0.05) is 19.7 Å². The summed E-state index contributed by atoms with van der Waals surface area (Å²) in [5, 5.41) is 0. The molecule has 1 heterocycles. The van der Waals surface area contributed by atoms with Crippen molar-refractivity contribution in [3.05, 3.63) is 29.3 Å². The first-order valence-electron chi connectivity index (χ1n) is 5.93. The number of sulfonamides is 1. The topological polar surface area (TPSA) is 46.6 Å². The normalized spacial score (nSPS) is 15.4. The zero-order valence-electron chi connectivity index (χ0n) is 10.5. The van der Waals surface area contributed by atoms with Gasteiger partial charge < -0.3 is 4.74 Å². The van der Waals surface area contributed by atoms with Gasteiger partial charge in [-0.1, -0.05) is 0 Å². The average molecular weight is 291 g/mol. The quantitative estimate of drug-likeness (QED) is 0.848. The number of hydrogen-bond donors (Lipinski definition) is 0. The molecule has 2 rings (SSSR count). The molecule has 0 N–H and O–H groups in total. The Morgan fingerprint density at radius 3 is 2.68 bits per heavy atom. The van der Waals surface area contributed by atoms with Gasteiger partial charge in [-0.3, -0.25) is 4.31 Å². The number of anilines is 1. The first-order valence-corrected chi connectivity index (χ1v) is 7.54. The molecule has 19 heavy (non-hydrogen) atoms. The predicted octanol–water partition coefficient (Wildman–Crippen LogP) is 1.69. The minimum Gasteiger partial charge on any atom is -0.384 e. The number of nitrogens with zero attached hydrogens (tertiary/aromatic N) is 1. The highest BCUT2D eigenvalue weighted by molar-refractivity contribution is 7.92. The van der Waals surface area contributed by atoms with Crippen molar-refractivity contribution < 1.29 is 21.9 Å². The van der Waals surface area contributed by atoms with E-state index < -0.39 is 21.7 Å². The Balaban J connectivity index is 2.39. The van der Waals surface area contributed by atoms with Crippen molar-refractivity contribution in [2.45, 2.75) is 12.8 Å². The molecule has 0 saturated carbocycles. The molecule has 0 atom stereocenters. The van der Waals surface area contributed by atoms with Crippen molar-refractivity contribution in [3.8, 4) is 0 Å². The van der Waals surface area contributed by atoms with Crippen LogP contribution in [0.25, 0.3) is 0 Å². The van der Waals surface area contributed by atoms with Crippen molar-refractivity contribution in [2.24, 2.45) is 0 Å². The molecule has 106 valence electrons. The van der Waals surface area contributed by atoms with Crippen LogP contribution < -0.4 is 4.31 Å². The lowest BCUT2D eigenvalue weighted by atomic mass is 10.0. The first-order chi connectivity index (χ1) is 8.95. The molecule has 0 fully saturated rings. The molecule has 0 spiro atoms. The second-order valence-electron chi connectivity index (χ2n) is 4.38. The highest BCUT2D eigenvalue weighted by Gasteiger charge is 2.28. The summed E-state index contributed by atoms with van der Waals surface area (Å²) >= 11 is 0. The van der Waals surface area contributed by atoms with Gasteiger partial charge in [-0.2, -0.15) is 0 Å². The highest BCUT2D eigenvalue weighted by atomic mass is 32.2. The van der Waals surface area contributed by atoms with Gasteiger partial charge in [0.05, 0.1) is 18.0 Å². The van der Waals surface area contributed by atoms with Crippen molar-refractivity contribution in [3.63, 3.8) is 0 Å². The zero-order valence-corrected chi connectivity index (χ0v) is 11.3. The van der Waals surface area contributed by atoms with Crippen molar-refractivity contribution in [1.82, 2.24) is 0 Å². The molecule has 4 nitrogen and oxygen atoms in total. The van der Waals surface area contributed by atoms with E-state index in [4.69, 9.17) is 4.74 Å². The van der Waals surface area contributed by atoms with Crippen molar-refractivity contribution in [2.75, 3.05) is 30.3 Å². The van der Waals surface area contributed by atoms with Gasteiger partial charge in [0.1, 0.15) is 0 Å². The second-order valence-corrected chi connectivity index (χ2v) is 6.39. The molecular formula is C12H15F2NO3S. The third kappa shape index (κ3) is 2.87. The van der Waals surface area contributed by atoms with Crippen LogP contribution in [0.1, 0.15) is 12.0 Å². The Kier molecular flexibility index (Phi) is 4.05. The van der Waals surface area contributed by atoms with E-state index in [9.17, 15) is 17.2 Å². The molecule has 1 aliphatic heterocycles. The van der Waals surface area contributed by atoms with E-state index in [-0.39, 0.29) is 24.6 Å². The molecule has 0 unspecified atom stereocenters. The number of hydrogen-bond acceptors (Lipinski definition) is 3. The molecule has 0 aliphatic carbocycles. The van der Waals surface area contributed by atoms with E-state index in [1.54, 1.807) is 0 Å². The Labute approximate surface area is 111 Å². The van der Waals surface area contributed by atoms with Crippen LogP contribution in [-0.4, -0.2) is 34.4 Å². The molecule has 1 aliphatic rings. The number of aryl methyl sites for hydroxylation is 1. The third-order valence-electron chi connectivity index (χ3n) is 3.08. The van der Waals surface area contributed by atoms with Crippen molar-refractivity contribution >= 4 is 15.7 Å². The maximum absolute atomic E-state index is 13.3. The van der Waals surface area contributed by atoms with Crippen LogP contribution >= 0.6 is 0 Å². The van der Waals surface area contributed by atoms with E-state index in [1.165, 1.54) is 7.11 Å². The molecule has 1 aromatic carbocycles. The summed E-state index contributed by atoms with van der Waals surface area (Å²) < 4.78 is 56.6. The Hall–Kier alpha value is -1.21. The van der Waals surface area contributed by atoms with Crippen LogP contribution in [0.2, 0.25) is 0 Å². The number of fused-ring (bicyclic) bond motifs is 1. The summed E-state index contributed by atoms with van der Waals surface area (Å²) in [5.74, 6) is -2.16. The monoisotopic (exact) mass is 291 g/mol. The number of methoxy groups -OCH3 is 1. The number of ether oxygens (including phenoxy) is 1. The smallest absolute Gasteiger partial charge is 0.237 e. The van der Waals surface area contributed by atoms with Gasteiger partial charge >= 0.3 is 0 Å². The fourth-order valence-corrected chi connectivity index (χ4v) is 3.61. The first kappa shape index (κ1) is 14.2. The second kappa shape index (κ2) is 5.42. The van der Waals surface area contributed by atoms with Crippen LogP contribution in [0.3, 0.4) is 0 Å². The predicted molar refractivity (Wildman–Crippen MR) is 67.7 cm³/mol. The highest BCUT2D eigenvalue weighted by Crippen LogP contribution is 2.31. The van der Waals surface area contributed by atoms with Crippen molar-refractivity contribution in [1.29, 1.82) is 0 Å². The molecule has 0 aromatic heterocycles. The lowest BCUT2D eigenvalue weighted by Gasteiger charge is -2.30. The number of benzene rings is 1. The van der Waals surface area contributed by atoms with Gasteiger partial charge in [0.2, 0.25) is 10.0 Å². The minimum atomic E-state index is -3.57. The molecule has 0 bridgehead atoms. The average Bonchev–Trinajstić information content (AvgIpc) is 2.37. The number of rotatable bonds is 4. The van der Waals surface area contributed by atoms with E-state index in [0.717, 1.165) is 16.4 Å². The minimum absolute atomic E-state index is 0.0673. The zero-order chi connectivity index (χ0) is 14.0. The van der Waals surface area contributed by atoms with E-state index >= 15 is 0 Å². The lowest BCUT2D eigenvalue weighted by molar-refractivity contribution is 0.217. The fourth-order valence-electron chi connectivity index (χ4n) is 2.13. The van der Waals surface area contributed by atoms with Gasteiger partial charge in [0.15, 0.2) is 11.6 Å². The van der Waals surface area contributed by atoms with Gasteiger partial charge in [-0.05, 0) is 24.5 Å². The van der Waals surface area contributed by atoms with Crippen LogP contribution in [0.5, 0.6) is 0 Å². The Bertz CT molecular complexity index is 575. The lowest BCUT2D eigenvalue weighted by Crippen LogP contribution is -2.38. The number of halogens is 2. The maximum atomic E-state index is 13.3. The fraction of sp³-hybridized carbons (Fsp3) is 0.500. The summed E-state index contributed by atoms with van der Waals surface area (Å²) in [4.78, 5) is 0. The largest absolute Gasteiger partial charge is 0.384 e.